The number of fused-ring (bicyclic) bond motifs is 3. The lowest BCUT2D eigenvalue weighted by molar-refractivity contribution is -0.142. The Morgan fingerprint density at radius 3 is 2.03 bits per heavy atom. The Hall–Kier alpha value is -3.35. The molecule has 7 nitrogen and oxygen atoms in total. The molecule has 2 atom stereocenters. The summed E-state index contributed by atoms with van der Waals surface area (Å²) in [6.45, 7) is 5.95. The summed E-state index contributed by atoms with van der Waals surface area (Å²) in [4.78, 5) is 36.8. The third-order valence-corrected chi connectivity index (χ3v) is 6.75. The highest BCUT2D eigenvalue weighted by Gasteiger charge is 2.38. The predicted octanol–water partition coefficient (Wildman–Crippen LogP) is 4.31. The molecule has 0 heterocycles. The van der Waals surface area contributed by atoms with Crippen LogP contribution in [0.15, 0.2) is 48.5 Å². The molecule has 34 heavy (non-hydrogen) atoms. The lowest BCUT2D eigenvalue weighted by atomic mass is 9.84. The number of carboxylic acid groups (broad SMARTS) is 1. The Labute approximate surface area is 199 Å². The largest absolute Gasteiger partial charge is 0.480 e. The highest BCUT2D eigenvalue weighted by molar-refractivity contribution is 5.85. The normalized spacial score (nSPS) is 16.7. The van der Waals surface area contributed by atoms with Crippen molar-refractivity contribution < 1.29 is 24.2 Å². The number of aliphatic carboxylic acids is 1. The fourth-order valence-corrected chi connectivity index (χ4v) is 4.58. The summed E-state index contributed by atoms with van der Waals surface area (Å²) in [5.41, 5.74) is 4.13. The van der Waals surface area contributed by atoms with Crippen LogP contribution in [0.4, 0.5) is 4.79 Å². The van der Waals surface area contributed by atoms with Crippen molar-refractivity contribution in [3.05, 3.63) is 59.7 Å². The van der Waals surface area contributed by atoms with E-state index in [1.54, 1.807) is 0 Å². The van der Waals surface area contributed by atoms with Gasteiger partial charge in [-0.15, -0.1) is 0 Å². The molecule has 0 saturated heterocycles. The number of nitrogens with one attached hydrogen (secondary N) is 2. The van der Waals surface area contributed by atoms with Crippen LogP contribution < -0.4 is 10.6 Å². The zero-order valence-electron chi connectivity index (χ0n) is 19.8. The minimum atomic E-state index is -1.02. The van der Waals surface area contributed by atoms with Crippen LogP contribution in [0.5, 0.6) is 0 Å². The number of alkyl carbamates (subject to hydrolysis) is 1. The van der Waals surface area contributed by atoms with E-state index in [4.69, 9.17) is 4.74 Å². The molecular weight excluding hydrogens is 432 g/mol. The maximum Gasteiger partial charge on any atom is 0.407 e. The number of hydrogen-bond donors (Lipinski definition) is 3. The zero-order chi connectivity index (χ0) is 24.5. The van der Waals surface area contributed by atoms with Crippen molar-refractivity contribution in [2.45, 2.75) is 58.0 Å². The van der Waals surface area contributed by atoms with E-state index in [1.165, 1.54) is 0 Å². The third-order valence-electron chi connectivity index (χ3n) is 6.75. The number of carboxylic acids is 1. The Morgan fingerprint density at radius 1 is 0.971 bits per heavy atom. The number of ether oxygens (including phenoxy) is 1. The van der Waals surface area contributed by atoms with Crippen molar-refractivity contribution in [2.75, 3.05) is 6.61 Å². The highest BCUT2D eigenvalue weighted by Crippen LogP contribution is 2.44. The summed E-state index contributed by atoms with van der Waals surface area (Å²) in [6, 6.07) is 14.9. The van der Waals surface area contributed by atoms with Crippen LogP contribution in [0.3, 0.4) is 0 Å². The van der Waals surface area contributed by atoms with Gasteiger partial charge in [0.25, 0.3) is 0 Å². The molecule has 2 aliphatic rings. The molecule has 0 radical (unpaired) electrons. The SMILES string of the molecule is CC(C)(C)C(CC(=O)NC(C(=O)O)C1CC1)NC(=O)OCC1c2ccccc2-c2ccccc21. The molecule has 2 aliphatic carbocycles. The fourth-order valence-electron chi connectivity index (χ4n) is 4.58. The third kappa shape index (κ3) is 5.24. The molecule has 0 spiro atoms. The minimum absolute atomic E-state index is 0.00960. The summed E-state index contributed by atoms with van der Waals surface area (Å²) in [7, 11) is 0. The lowest BCUT2D eigenvalue weighted by Crippen LogP contribution is -2.49. The van der Waals surface area contributed by atoms with Crippen molar-refractivity contribution in [3.8, 4) is 11.1 Å². The number of amides is 2. The number of carbonyl (C=O) groups excluding carboxylic acids is 2. The maximum atomic E-state index is 12.8. The van der Waals surface area contributed by atoms with Crippen LogP contribution in [0, 0.1) is 11.3 Å². The van der Waals surface area contributed by atoms with E-state index < -0.39 is 35.5 Å². The van der Waals surface area contributed by atoms with Gasteiger partial charge < -0.3 is 20.5 Å². The zero-order valence-corrected chi connectivity index (χ0v) is 19.8. The monoisotopic (exact) mass is 464 g/mol. The van der Waals surface area contributed by atoms with E-state index >= 15 is 0 Å². The number of carbonyl (C=O) groups is 3. The van der Waals surface area contributed by atoms with Gasteiger partial charge in [-0.2, -0.15) is 0 Å². The van der Waals surface area contributed by atoms with E-state index in [1.807, 2.05) is 45.0 Å². The molecule has 3 N–H and O–H groups in total. The van der Waals surface area contributed by atoms with E-state index in [2.05, 4.69) is 34.9 Å². The van der Waals surface area contributed by atoms with Gasteiger partial charge in [0, 0.05) is 18.4 Å². The van der Waals surface area contributed by atoms with Gasteiger partial charge in [-0.05, 0) is 46.4 Å². The smallest absolute Gasteiger partial charge is 0.407 e. The van der Waals surface area contributed by atoms with Gasteiger partial charge in [0.15, 0.2) is 0 Å². The molecule has 0 aromatic heterocycles. The van der Waals surface area contributed by atoms with Gasteiger partial charge in [-0.1, -0.05) is 69.3 Å². The maximum absolute atomic E-state index is 12.8. The minimum Gasteiger partial charge on any atom is -0.480 e. The second-order valence-corrected chi connectivity index (χ2v) is 10.3. The molecule has 1 saturated carbocycles. The molecule has 7 heteroatoms. The van der Waals surface area contributed by atoms with E-state index in [0.717, 1.165) is 35.1 Å². The van der Waals surface area contributed by atoms with Gasteiger partial charge in [0.1, 0.15) is 12.6 Å². The molecule has 0 aliphatic heterocycles. The average molecular weight is 465 g/mol. The topological polar surface area (TPSA) is 105 Å². The summed E-state index contributed by atoms with van der Waals surface area (Å²) in [5.74, 6) is -1.47. The molecule has 2 aromatic rings. The van der Waals surface area contributed by atoms with Gasteiger partial charge in [0.2, 0.25) is 5.91 Å². The summed E-state index contributed by atoms with van der Waals surface area (Å²) < 4.78 is 5.64. The van der Waals surface area contributed by atoms with E-state index in [0.29, 0.717) is 0 Å². The van der Waals surface area contributed by atoms with Crippen LogP contribution in [0.25, 0.3) is 11.1 Å². The van der Waals surface area contributed by atoms with Crippen molar-refractivity contribution in [2.24, 2.45) is 11.3 Å². The molecule has 1 fully saturated rings. The Morgan fingerprint density at radius 2 is 1.53 bits per heavy atom. The first-order valence-electron chi connectivity index (χ1n) is 11.8. The Bertz CT molecular complexity index is 1040. The Kier molecular flexibility index (Phi) is 6.64. The molecule has 4 rings (SSSR count). The predicted molar refractivity (Wildman–Crippen MR) is 128 cm³/mol. The van der Waals surface area contributed by atoms with Crippen LogP contribution in [0.1, 0.15) is 57.1 Å². The second-order valence-electron chi connectivity index (χ2n) is 10.3. The van der Waals surface area contributed by atoms with Crippen LogP contribution in [-0.4, -0.2) is 41.8 Å². The quantitative estimate of drug-likeness (QED) is 0.540. The molecule has 180 valence electrons. The average Bonchev–Trinajstić information content (AvgIpc) is 3.57. The number of hydrogen-bond acceptors (Lipinski definition) is 4. The van der Waals surface area contributed by atoms with Crippen LogP contribution >= 0.6 is 0 Å². The van der Waals surface area contributed by atoms with E-state index in [9.17, 15) is 19.5 Å². The van der Waals surface area contributed by atoms with Crippen molar-refractivity contribution in [3.63, 3.8) is 0 Å². The summed E-state index contributed by atoms with van der Waals surface area (Å²) in [5, 5.41) is 14.8. The van der Waals surface area contributed by atoms with Gasteiger partial charge in [-0.3, -0.25) is 4.79 Å². The highest BCUT2D eigenvalue weighted by atomic mass is 16.5. The van der Waals surface area contributed by atoms with Crippen molar-refractivity contribution in [1.29, 1.82) is 0 Å². The molecule has 2 amide bonds. The van der Waals surface area contributed by atoms with Crippen LogP contribution in [0.2, 0.25) is 0 Å². The second kappa shape index (κ2) is 9.49. The first-order valence-corrected chi connectivity index (χ1v) is 11.8. The van der Waals surface area contributed by atoms with Crippen molar-refractivity contribution in [1.82, 2.24) is 10.6 Å². The fraction of sp³-hybridized carbons (Fsp3) is 0.444. The van der Waals surface area contributed by atoms with Gasteiger partial charge in [-0.25, -0.2) is 9.59 Å². The number of benzene rings is 2. The van der Waals surface area contributed by atoms with E-state index in [-0.39, 0.29) is 24.9 Å². The summed E-state index contributed by atoms with van der Waals surface area (Å²) in [6.07, 6.45) is 0.992. The van der Waals surface area contributed by atoms with Gasteiger partial charge >= 0.3 is 12.1 Å². The Balaban J connectivity index is 1.38. The van der Waals surface area contributed by atoms with Crippen LogP contribution in [-0.2, 0) is 14.3 Å². The molecule has 2 aromatic carbocycles. The molecular formula is C27H32N2O5. The van der Waals surface area contributed by atoms with Crippen molar-refractivity contribution >= 4 is 18.0 Å². The lowest BCUT2D eigenvalue weighted by Gasteiger charge is -2.31. The molecule has 0 bridgehead atoms. The first kappa shape index (κ1) is 23.8. The first-order chi connectivity index (χ1) is 16.1. The standard InChI is InChI=1S/C27H32N2O5/c1-27(2,3)22(14-23(30)29-24(25(31)32)16-12-13-16)28-26(33)34-15-21-19-10-6-4-8-17(19)18-9-5-7-11-20(18)21/h4-11,16,21-22,24H,12-15H2,1-3H3,(H,28,33)(H,29,30)(H,31,32). The number of rotatable bonds is 8. The van der Waals surface area contributed by atoms with Gasteiger partial charge in [0.05, 0.1) is 0 Å². The summed E-state index contributed by atoms with van der Waals surface area (Å²) >= 11 is 0. The molecule has 2 unspecified atom stereocenters.